The van der Waals surface area contributed by atoms with Crippen molar-refractivity contribution in [1.29, 1.82) is 0 Å². The van der Waals surface area contributed by atoms with Gasteiger partial charge in [0, 0.05) is 31.7 Å². The van der Waals surface area contributed by atoms with Gasteiger partial charge in [-0.25, -0.2) is 0 Å². The summed E-state index contributed by atoms with van der Waals surface area (Å²) in [6.07, 6.45) is 6.58. The van der Waals surface area contributed by atoms with E-state index in [0.29, 0.717) is 37.6 Å². The summed E-state index contributed by atoms with van der Waals surface area (Å²) in [6, 6.07) is 11.6. The lowest BCUT2D eigenvalue weighted by Gasteiger charge is -2.28. The number of amides is 1. The number of carbonyl (C=O) groups excluding carboxylic acids is 1. The van der Waals surface area contributed by atoms with Crippen LogP contribution < -0.4 is 10.6 Å². The summed E-state index contributed by atoms with van der Waals surface area (Å²) < 4.78 is 5.84. The first-order valence-electron chi connectivity index (χ1n) is 9.40. The number of fused-ring (bicyclic) bond motifs is 2. The van der Waals surface area contributed by atoms with E-state index in [9.17, 15) is 4.79 Å². The Labute approximate surface area is 145 Å². The van der Waals surface area contributed by atoms with Crippen molar-refractivity contribution >= 4 is 5.91 Å². The van der Waals surface area contributed by atoms with E-state index in [4.69, 9.17) is 4.74 Å². The first kappa shape index (κ1) is 17.4. The second-order valence-electron chi connectivity index (χ2n) is 7.31. The fraction of sp³-hybridized carbons (Fsp3) is 0.650. The van der Waals surface area contributed by atoms with Gasteiger partial charge in [0.1, 0.15) is 0 Å². The van der Waals surface area contributed by atoms with Crippen molar-refractivity contribution < 1.29 is 9.53 Å². The molecule has 4 heteroatoms. The number of piperidine rings is 1. The number of benzene rings is 1. The number of rotatable bonds is 8. The lowest BCUT2D eigenvalue weighted by Crippen LogP contribution is -2.39. The van der Waals surface area contributed by atoms with Crippen molar-refractivity contribution in [2.75, 3.05) is 13.2 Å². The SMILES string of the molecule is CC(OCCCNC(=O)CC1CC2CCC(C1)N2)c1ccccc1. The molecule has 1 aromatic rings. The molecule has 24 heavy (non-hydrogen) atoms. The fourth-order valence-electron chi connectivity index (χ4n) is 4.06. The molecule has 1 amide bonds. The maximum absolute atomic E-state index is 12.1. The summed E-state index contributed by atoms with van der Waals surface area (Å²) in [6.45, 7) is 3.45. The monoisotopic (exact) mass is 330 g/mol. The molecule has 2 fully saturated rings. The minimum absolute atomic E-state index is 0.104. The zero-order valence-electron chi connectivity index (χ0n) is 14.7. The normalized spacial score (nSPS) is 27.0. The Hall–Kier alpha value is -1.39. The Morgan fingerprint density at radius 3 is 2.67 bits per heavy atom. The van der Waals surface area contributed by atoms with Gasteiger partial charge in [-0.3, -0.25) is 4.79 Å². The van der Waals surface area contributed by atoms with E-state index in [1.54, 1.807) is 0 Å². The predicted molar refractivity (Wildman–Crippen MR) is 95.7 cm³/mol. The topological polar surface area (TPSA) is 50.4 Å². The van der Waals surface area contributed by atoms with Gasteiger partial charge in [-0.05, 0) is 50.5 Å². The molecular formula is C20H30N2O2. The molecule has 3 atom stereocenters. The number of carbonyl (C=O) groups is 1. The zero-order chi connectivity index (χ0) is 16.8. The van der Waals surface area contributed by atoms with Crippen LogP contribution in [0, 0.1) is 5.92 Å². The van der Waals surface area contributed by atoms with Crippen molar-refractivity contribution in [1.82, 2.24) is 10.6 Å². The second kappa shape index (κ2) is 8.63. The molecule has 2 aliphatic rings. The van der Waals surface area contributed by atoms with Gasteiger partial charge in [0.15, 0.2) is 0 Å². The average molecular weight is 330 g/mol. The van der Waals surface area contributed by atoms with Gasteiger partial charge in [-0.1, -0.05) is 30.3 Å². The highest BCUT2D eigenvalue weighted by Gasteiger charge is 2.33. The first-order chi connectivity index (χ1) is 11.7. The van der Waals surface area contributed by atoms with Crippen LogP contribution in [0.4, 0.5) is 0 Å². The molecule has 0 aromatic heterocycles. The Bertz CT molecular complexity index is 508. The van der Waals surface area contributed by atoms with Gasteiger partial charge < -0.3 is 15.4 Å². The molecule has 0 aliphatic carbocycles. The van der Waals surface area contributed by atoms with E-state index in [1.807, 2.05) is 18.2 Å². The third kappa shape index (κ3) is 5.05. The van der Waals surface area contributed by atoms with E-state index in [1.165, 1.54) is 31.2 Å². The molecule has 2 heterocycles. The second-order valence-corrected chi connectivity index (χ2v) is 7.31. The maximum atomic E-state index is 12.1. The number of ether oxygens (including phenoxy) is 1. The summed E-state index contributed by atoms with van der Waals surface area (Å²) in [4.78, 5) is 12.1. The van der Waals surface area contributed by atoms with E-state index in [2.05, 4.69) is 29.7 Å². The van der Waals surface area contributed by atoms with Crippen molar-refractivity contribution in [2.24, 2.45) is 5.92 Å². The molecule has 2 N–H and O–H groups in total. The van der Waals surface area contributed by atoms with Crippen LogP contribution in [0.15, 0.2) is 30.3 Å². The molecule has 1 aromatic carbocycles. The first-order valence-corrected chi connectivity index (χ1v) is 9.40. The Morgan fingerprint density at radius 2 is 1.96 bits per heavy atom. The zero-order valence-corrected chi connectivity index (χ0v) is 14.7. The predicted octanol–water partition coefficient (Wildman–Crippen LogP) is 3.19. The number of nitrogens with one attached hydrogen (secondary N) is 2. The molecule has 2 bridgehead atoms. The Morgan fingerprint density at radius 1 is 1.25 bits per heavy atom. The van der Waals surface area contributed by atoms with Crippen LogP contribution >= 0.6 is 0 Å². The van der Waals surface area contributed by atoms with E-state index >= 15 is 0 Å². The van der Waals surface area contributed by atoms with E-state index < -0.39 is 0 Å². The van der Waals surface area contributed by atoms with Crippen LogP contribution in [-0.4, -0.2) is 31.1 Å². The number of hydrogen-bond acceptors (Lipinski definition) is 3. The molecule has 2 saturated heterocycles. The minimum Gasteiger partial charge on any atom is -0.374 e. The fourth-order valence-corrected chi connectivity index (χ4v) is 4.06. The molecule has 0 saturated carbocycles. The van der Waals surface area contributed by atoms with Crippen LogP contribution in [0.5, 0.6) is 0 Å². The molecule has 4 nitrogen and oxygen atoms in total. The molecule has 3 rings (SSSR count). The third-order valence-electron chi connectivity index (χ3n) is 5.32. The van der Waals surface area contributed by atoms with E-state index in [-0.39, 0.29) is 12.0 Å². The average Bonchev–Trinajstić information content (AvgIpc) is 2.93. The van der Waals surface area contributed by atoms with Crippen LogP contribution in [0.2, 0.25) is 0 Å². The van der Waals surface area contributed by atoms with Crippen LogP contribution in [-0.2, 0) is 9.53 Å². The molecular weight excluding hydrogens is 300 g/mol. The van der Waals surface area contributed by atoms with Gasteiger partial charge in [0.25, 0.3) is 0 Å². The van der Waals surface area contributed by atoms with Crippen LogP contribution in [0.25, 0.3) is 0 Å². The van der Waals surface area contributed by atoms with E-state index in [0.717, 1.165) is 6.42 Å². The highest BCUT2D eigenvalue weighted by atomic mass is 16.5. The minimum atomic E-state index is 0.104. The van der Waals surface area contributed by atoms with Crippen molar-refractivity contribution in [3.05, 3.63) is 35.9 Å². The van der Waals surface area contributed by atoms with Crippen LogP contribution in [0.1, 0.15) is 57.1 Å². The Balaban J connectivity index is 1.26. The van der Waals surface area contributed by atoms with Gasteiger partial charge in [-0.2, -0.15) is 0 Å². The van der Waals surface area contributed by atoms with Crippen LogP contribution in [0.3, 0.4) is 0 Å². The largest absolute Gasteiger partial charge is 0.374 e. The van der Waals surface area contributed by atoms with Crippen molar-refractivity contribution in [3.63, 3.8) is 0 Å². The summed E-state index contributed by atoms with van der Waals surface area (Å²) in [5.74, 6) is 0.774. The summed E-state index contributed by atoms with van der Waals surface area (Å²) in [5.41, 5.74) is 1.20. The van der Waals surface area contributed by atoms with Gasteiger partial charge in [0.2, 0.25) is 5.91 Å². The molecule has 0 radical (unpaired) electrons. The Kier molecular flexibility index (Phi) is 6.27. The smallest absolute Gasteiger partial charge is 0.220 e. The molecule has 3 unspecified atom stereocenters. The summed E-state index contributed by atoms with van der Waals surface area (Å²) >= 11 is 0. The van der Waals surface area contributed by atoms with Gasteiger partial charge in [-0.15, -0.1) is 0 Å². The molecule has 132 valence electrons. The highest BCUT2D eigenvalue weighted by molar-refractivity contribution is 5.76. The van der Waals surface area contributed by atoms with Gasteiger partial charge >= 0.3 is 0 Å². The quantitative estimate of drug-likeness (QED) is 0.720. The maximum Gasteiger partial charge on any atom is 0.220 e. The summed E-state index contributed by atoms with van der Waals surface area (Å²) in [5, 5.41) is 6.68. The van der Waals surface area contributed by atoms with Gasteiger partial charge in [0.05, 0.1) is 6.10 Å². The summed E-state index contributed by atoms with van der Waals surface area (Å²) in [7, 11) is 0. The lowest BCUT2D eigenvalue weighted by molar-refractivity contribution is -0.122. The van der Waals surface area contributed by atoms with Crippen molar-refractivity contribution in [3.8, 4) is 0 Å². The third-order valence-corrected chi connectivity index (χ3v) is 5.32. The van der Waals surface area contributed by atoms with Crippen molar-refractivity contribution in [2.45, 2.75) is 63.6 Å². The standard InChI is InChI=1S/C20H30N2O2/c1-15(17-6-3-2-4-7-17)24-11-5-10-21-20(23)14-16-12-18-8-9-19(13-16)22-18/h2-4,6-7,15-16,18-19,22H,5,8-14H2,1H3,(H,21,23). The molecule has 2 aliphatic heterocycles. The lowest BCUT2D eigenvalue weighted by atomic mass is 9.89. The number of hydrogen-bond donors (Lipinski definition) is 2. The highest BCUT2D eigenvalue weighted by Crippen LogP contribution is 2.32. The molecule has 0 spiro atoms.